The Balaban J connectivity index is 1.71. The van der Waals surface area contributed by atoms with Crippen LogP contribution in [0.15, 0.2) is 18.3 Å². The molecule has 1 saturated carbocycles. The van der Waals surface area contributed by atoms with Gasteiger partial charge in [0.2, 0.25) is 0 Å². The first kappa shape index (κ1) is 15.1. The number of nitrogens with one attached hydrogen (secondary N) is 1. The summed E-state index contributed by atoms with van der Waals surface area (Å²) in [6.45, 7) is 3.37. The Morgan fingerprint density at radius 1 is 1.33 bits per heavy atom. The molecular weight excluding hydrogens is 302 g/mol. The quantitative estimate of drug-likeness (QED) is 0.931. The van der Waals surface area contributed by atoms with Gasteiger partial charge in [0.15, 0.2) is 0 Å². The monoisotopic (exact) mass is 323 g/mol. The first-order valence-corrected chi connectivity index (χ1v) is 8.43. The Kier molecular flexibility index (Phi) is 3.67. The number of aromatic nitrogens is 3. The SMILES string of the molecule is Cc1cc(CN(C)c2nc(C3CC3)nc3c2CCNC3=O)ccn1. The molecule has 0 spiro atoms. The van der Waals surface area contributed by atoms with Gasteiger partial charge in [0, 0.05) is 43.5 Å². The lowest BCUT2D eigenvalue weighted by Gasteiger charge is -2.25. The topological polar surface area (TPSA) is 71.0 Å². The molecule has 1 aliphatic carbocycles. The molecule has 1 amide bonds. The van der Waals surface area contributed by atoms with Crippen molar-refractivity contribution in [3.63, 3.8) is 0 Å². The molecule has 0 atom stereocenters. The Morgan fingerprint density at radius 3 is 2.92 bits per heavy atom. The molecule has 6 heteroatoms. The molecule has 3 heterocycles. The highest BCUT2D eigenvalue weighted by molar-refractivity contribution is 5.96. The molecule has 1 aliphatic heterocycles. The van der Waals surface area contributed by atoms with Crippen molar-refractivity contribution in [1.29, 1.82) is 0 Å². The first-order valence-electron chi connectivity index (χ1n) is 8.43. The van der Waals surface area contributed by atoms with Crippen molar-refractivity contribution in [2.45, 2.75) is 38.6 Å². The summed E-state index contributed by atoms with van der Waals surface area (Å²) in [6.07, 6.45) is 4.85. The summed E-state index contributed by atoms with van der Waals surface area (Å²) in [6, 6.07) is 4.10. The lowest BCUT2D eigenvalue weighted by atomic mass is 10.1. The van der Waals surface area contributed by atoms with Crippen LogP contribution in [0.4, 0.5) is 5.82 Å². The minimum absolute atomic E-state index is 0.0741. The molecular formula is C18H21N5O. The number of pyridine rings is 1. The van der Waals surface area contributed by atoms with Gasteiger partial charge in [-0.2, -0.15) is 0 Å². The van der Waals surface area contributed by atoms with Crippen LogP contribution in [-0.4, -0.2) is 34.5 Å². The molecule has 2 aromatic heterocycles. The van der Waals surface area contributed by atoms with E-state index in [-0.39, 0.29) is 5.91 Å². The van der Waals surface area contributed by atoms with Gasteiger partial charge in [-0.1, -0.05) is 0 Å². The molecule has 4 rings (SSSR count). The molecule has 2 aromatic rings. The molecule has 1 N–H and O–H groups in total. The van der Waals surface area contributed by atoms with Crippen LogP contribution in [0.1, 0.15) is 51.9 Å². The predicted molar refractivity (Wildman–Crippen MR) is 91.1 cm³/mol. The molecule has 0 radical (unpaired) electrons. The molecule has 0 aromatic carbocycles. The normalized spacial score (nSPS) is 16.5. The van der Waals surface area contributed by atoms with Crippen LogP contribution in [0.5, 0.6) is 0 Å². The van der Waals surface area contributed by atoms with Gasteiger partial charge in [-0.3, -0.25) is 9.78 Å². The summed E-state index contributed by atoms with van der Waals surface area (Å²) in [7, 11) is 2.03. The Labute approximate surface area is 141 Å². The highest BCUT2D eigenvalue weighted by atomic mass is 16.1. The minimum Gasteiger partial charge on any atom is -0.355 e. The number of hydrogen-bond acceptors (Lipinski definition) is 5. The molecule has 0 bridgehead atoms. The maximum atomic E-state index is 12.2. The fourth-order valence-electron chi connectivity index (χ4n) is 3.18. The van der Waals surface area contributed by atoms with E-state index in [1.165, 1.54) is 5.56 Å². The third-order valence-corrected chi connectivity index (χ3v) is 4.56. The lowest BCUT2D eigenvalue weighted by Crippen LogP contribution is -2.35. The van der Waals surface area contributed by atoms with Crippen LogP contribution in [0, 0.1) is 6.92 Å². The summed E-state index contributed by atoms with van der Waals surface area (Å²) in [4.78, 5) is 28.0. The maximum Gasteiger partial charge on any atom is 0.270 e. The zero-order valence-electron chi connectivity index (χ0n) is 14.0. The summed E-state index contributed by atoms with van der Waals surface area (Å²) in [5, 5.41) is 2.89. The van der Waals surface area contributed by atoms with Crippen molar-refractivity contribution >= 4 is 11.7 Å². The third-order valence-electron chi connectivity index (χ3n) is 4.56. The average molecular weight is 323 g/mol. The third kappa shape index (κ3) is 2.84. The zero-order chi connectivity index (χ0) is 16.7. The van der Waals surface area contributed by atoms with Crippen LogP contribution in [0.25, 0.3) is 0 Å². The Hall–Kier alpha value is -2.50. The molecule has 1 fully saturated rings. The van der Waals surface area contributed by atoms with Gasteiger partial charge in [-0.15, -0.1) is 0 Å². The Morgan fingerprint density at radius 2 is 2.17 bits per heavy atom. The molecule has 24 heavy (non-hydrogen) atoms. The maximum absolute atomic E-state index is 12.2. The van der Waals surface area contributed by atoms with Crippen molar-refractivity contribution in [2.24, 2.45) is 0 Å². The van der Waals surface area contributed by atoms with Crippen LogP contribution in [-0.2, 0) is 13.0 Å². The number of nitrogens with zero attached hydrogens (tertiary/aromatic N) is 4. The fraction of sp³-hybridized carbons (Fsp3) is 0.444. The number of aryl methyl sites for hydroxylation is 1. The lowest BCUT2D eigenvalue weighted by molar-refractivity contribution is 0.0940. The fourth-order valence-corrected chi connectivity index (χ4v) is 3.18. The van der Waals surface area contributed by atoms with Crippen LogP contribution in [0.2, 0.25) is 0 Å². The van der Waals surface area contributed by atoms with E-state index >= 15 is 0 Å². The largest absolute Gasteiger partial charge is 0.355 e. The summed E-state index contributed by atoms with van der Waals surface area (Å²) < 4.78 is 0. The van der Waals surface area contributed by atoms with Gasteiger partial charge in [0.1, 0.15) is 17.3 Å². The summed E-state index contributed by atoms with van der Waals surface area (Å²) in [5.41, 5.74) is 3.72. The van der Waals surface area contributed by atoms with E-state index in [1.807, 2.05) is 26.2 Å². The highest BCUT2D eigenvalue weighted by Crippen LogP contribution is 2.39. The van der Waals surface area contributed by atoms with E-state index in [1.54, 1.807) is 0 Å². The van der Waals surface area contributed by atoms with Crippen molar-refractivity contribution < 1.29 is 4.79 Å². The van der Waals surface area contributed by atoms with E-state index in [9.17, 15) is 4.79 Å². The molecule has 0 unspecified atom stereocenters. The molecule has 6 nitrogen and oxygen atoms in total. The van der Waals surface area contributed by atoms with Crippen LogP contribution < -0.4 is 10.2 Å². The van der Waals surface area contributed by atoms with Gasteiger partial charge >= 0.3 is 0 Å². The van der Waals surface area contributed by atoms with Gasteiger partial charge in [0.05, 0.1) is 0 Å². The van der Waals surface area contributed by atoms with Crippen molar-refractivity contribution in [1.82, 2.24) is 20.3 Å². The number of anilines is 1. The second-order valence-corrected chi connectivity index (χ2v) is 6.67. The number of carbonyl (C=O) groups excluding carboxylic acids is 1. The smallest absolute Gasteiger partial charge is 0.270 e. The minimum atomic E-state index is -0.0741. The zero-order valence-corrected chi connectivity index (χ0v) is 14.0. The average Bonchev–Trinajstić information content (AvgIpc) is 3.39. The van der Waals surface area contributed by atoms with E-state index < -0.39 is 0 Å². The predicted octanol–water partition coefficient (Wildman–Crippen LogP) is 1.98. The number of amides is 1. The molecule has 124 valence electrons. The second-order valence-electron chi connectivity index (χ2n) is 6.67. The van der Waals surface area contributed by atoms with E-state index in [0.29, 0.717) is 18.2 Å². The van der Waals surface area contributed by atoms with Gasteiger partial charge < -0.3 is 10.2 Å². The van der Waals surface area contributed by atoms with Crippen LogP contribution >= 0.6 is 0 Å². The van der Waals surface area contributed by atoms with E-state index in [0.717, 1.165) is 48.7 Å². The summed E-state index contributed by atoms with van der Waals surface area (Å²) in [5.74, 6) is 2.06. The number of hydrogen-bond donors (Lipinski definition) is 1. The summed E-state index contributed by atoms with van der Waals surface area (Å²) >= 11 is 0. The molecule has 0 saturated heterocycles. The van der Waals surface area contributed by atoms with Crippen molar-refractivity contribution in [3.8, 4) is 0 Å². The van der Waals surface area contributed by atoms with Gasteiger partial charge in [0.25, 0.3) is 5.91 Å². The van der Waals surface area contributed by atoms with Crippen molar-refractivity contribution in [2.75, 3.05) is 18.5 Å². The number of rotatable bonds is 4. The first-order chi connectivity index (χ1) is 11.6. The van der Waals surface area contributed by atoms with Crippen LogP contribution in [0.3, 0.4) is 0 Å². The Bertz CT molecular complexity index is 800. The van der Waals surface area contributed by atoms with E-state index in [2.05, 4.69) is 26.3 Å². The standard InChI is InChI=1S/C18H21N5O/c1-11-9-12(5-7-19-11)10-23(2)17-14-6-8-20-18(24)15(14)21-16(22-17)13-3-4-13/h5,7,9,13H,3-4,6,8,10H2,1-2H3,(H,20,24). The highest BCUT2D eigenvalue weighted by Gasteiger charge is 2.32. The van der Waals surface area contributed by atoms with Gasteiger partial charge in [-0.25, -0.2) is 9.97 Å². The number of carbonyl (C=O) groups is 1. The van der Waals surface area contributed by atoms with E-state index in [4.69, 9.17) is 4.98 Å². The molecule has 2 aliphatic rings. The van der Waals surface area contributed by atoms with Crippen molar-refractivity contribution in [3.05, 3.63) is 46.7 Å². The number of fused-ring (bicyclic) bond motifs is 1. The second kappa shape index (κ2) is 5.85. The van der Waals surface area contributed by atoms with Gasteiger partial charge in [-0.05, 0) is 43.9 Å².